The highest BCUT2D eigenvalue weighted by atomic mass is 35.5. The van der Waals surface area contributed by atoms with Crippen LogP contribution >= 0.6 is 23.4 Å². The molecule has 6 nitrogen and oxygen atoms in total. The lowest BCUT2D eigenvalue weighted by atomic mass is 10.2. The number of fused-ring (bicyclic) bond motifs is 1. The lowest BCUT2D eigenvalue weighted by molar-refractivity contribution is -0.118. The maximum absolute atomic E-state index is 12.2. The summed E-state index contributed by atoms with van der Waals surface area (Å²) in [6.07, 6.45) is 6.53. The molecule has 1 amide bonds. The lowest BCUT2D eigenvalue weighted by Crippen LogP contribution is -2.19. The Morgan fingerprint density at radius 1 is 1.16 bits per heavy atom. The number of para-hydroxylation sites is 2. The van der Waals surface area contributed by atoms with Crippen molar-refractivity contribution in [2.24, 2.45) is 5.10 Å². The first-order valence-corrected chi connectivity index (χ1v) is 10.9. The highest BCUT2D eigenvalue weighted by Crippen LogP contribution is 2.26. The van der Waals surface area contributed by atoms with Crippen molar-refractivity contribution in [2.45, 2.75) is 11.7 Å². The molecule has 0 atom stereocenters. The topological polar surface area (TPSA) is 72.4 Å². The number of hydrogen-bond donors (Lipinski definition) is 1. The van der Waals surface area contributed by atoms with Crippen molar-refractivity contribution in [3.05, 3.63) is 89.3 Å². The molecule has 156 valence electrons. The van der Waals surface area contributed by atoms with Gasteiger partial charge in [-0.15, -0.1) is 0 Å². The third-order valence-electron chi connectivity index (χ3n) is 4.39. The van der Waals surface area contributed by atoms with E-state index in [2.05, 4.69) is 15.1 Å². The predicted octanol–water partition coefficient (Wildman–Crippen LogP) is 5.24. The van der Waals surface area contributed by atoms with E-state index >= 15 is 0 Å². The third-order valence-corrected chi connectivity index (χ3v) is 5.74. The van der Waals surface area contributed by atoms with Crippen LogP contribution in [0.1, 0.15) is 11.3 Å². The Hall–Kier alpha value is -3.29. The standard InChI is InChI=1S/C23H19ClN4O2S/c24-19-10-2-1-7-17(19)15-28-21-12-4-3-11-20(21)26-23(28)31-16-22(29)27-25-13-5-8-18-9-6-14-30-18/h1-14H,15-16H2,(H,27,29). The number of furan rings is 1. The number of nitrogens with zero attached hydrogens (tertiary/aromatic N) is 3. The zero-order valence-corrected chi connectivity index (χ0v) is 18.0. The summed E-state index contributed by atoms with van der Waals surface area (Å²) >= 11 is 7.71. The van der Waals surface area contributed by atoms with E-state index in [1.54, 1.807) is 24.5 Å². The molecule has 2 aromatic heterocycles. The van der Waals surface area contributed by atoms with Gasteiger partial charge < -0.3 is 8.98 Å². The van der Waals surface area contributed by atoms with E-state index in [9.17, 15) is 4.79 Å². The van der Waals surface area contributed by atoms with E-state index in [-0.39, 0.29) is 11.7 Å². The number of rotatable bonds is 8. The first kappa shape index (κ1) is 21.0. The number of allylic oxidation sites excluding steroid dienone is 1. The summed E-state index contributed by atoms with van der Waals surface area (Å²) in [5, 5.41) is 5.36. The fourth-order valence-electron chi connectivity index (χ4n) is 2.95. The summed E-state index contributed by atoms with van der Waals surface area (Å²) in [5.41, 5.74) is 5.37. The van der Waals surface area contributed by atoms with E-state index in [1.807, 2.05) is 54.6 Å². The number of halogens is 1. The van der Waals surface area contributed by atoms with Crippen molar-refractivity contribution >= 4 is 52.6 Å². The van der Waals surface area contributed by atoms with Gasteiger partial charge in [-0.3, -0.25) is 4.79 Å². The van der Waals surface area contributed by atoms with Crippen molar-refractivity contribution in [1.82, 2.24) is 15.0 Å². The molecule has 0 unspecified atom stereocenters. The van der Waals surface area contributed by atoms with Crippen molar-refractivity contribution < 1.29 is 9.21 Å². The van der Waals surface area contributed by atoms with E-state index in [0.29, 0.717) is 17.3 Å². The summed E-state index contributed by atoms with van der Waals surface area (Å²) < 4.78 is 7.25. The molecular formula is C23H19ClN4O2S. The quantitative estimate of drug-likeness (QED) is 0.226. The molecule has 0 aliphatic heterocycles. The van der Waals surface area contributed by atoms with Crippen LogP contribution in [0.3, 0.4) is 0 Å². The van der Waals surface area contributed by atoms with Gasteiger partial charge in [-0.25, -0.2) is 10.4 Å². The predicted molar refractivity (Wildman–Crippen MR) is 125 cm³/mol. The van der Waals surface area contributed by atoms with Gasteiger partial charge >= 0.3 is 0 Å². The molecule has 0 saturated heterocycles. The molecule has 4 aromatic rings. The average molecular weight is 451 g/mol. The fraction of sp³-hybridized carbons (Fsp3) is 0.0870. The Morgan fingerprint density at radius 2 is 2.00 bits per heavy atom. The van der Waals surface area contributed by atoms with Crippen LogP contribution in [0.25, 0.3) is 17.1 Å². The van der Waals surface area contributed by atoms with Crippen LogP contribution in [0.15, 0.2) is 87.7 Å². The molecule has 0 saturated carbocycles. The summed E-state index contributed by atoms with van der Waals surface area (Å²) in [4.78, 5) is 16.9. The molecule has 0 aliphatic rings. The minimum atomic E-state index is -0.219. The van der Waals surface area contributed by atoms with Gasteiger partial charge in [0.2, 0.25) is 0 Å². The van der Waals surface area contributed by atoms with Gasteiger partial charge in [0, 0.05) is 11.2 Å². The first-order chi connectivity index (χ1) is 15.2. The summed E-state index contributed by atoms with van der Waals surface area (Å²) in [5.74, 6) is 0.681. The maximum Gasteiger partial charge on any atom is 0.250 e. The lowest BCUT2D eigenvalue weighted by Gasteiger charge is -2.10. The molecule has 0 fully saturated rings. The number of imidazole rings is 1. The molecule has 1 N–H and O–H groups in total. The molecule has 0 radical (unpaired) electrons. The largest absolute Gasteiger partial charge is 0.465 e. The monoisotopic (exact) mass is 450 g/mol. The van der Waals surface area contributed by atoms with E-state index in [0.717, 1.165) is 21.8 Å². The second-order valence-electron chi connectivity index (χ2n) is 6.54. The van der Waals surface area contributed by atoms with Crippen LogP contribution in [0, 0.1) is 0 Å². The molecule has 2 aromatic carbocycles. The van der Waals surface area contributed by atoms with Crippen LogP contribution < -0.4 is 5.43 Å². The molecule has 0 aliphatic carbocycles. The van der Waals surface area contributed by atoms with Crippen LogP contribution in [0.4, 0.5) is 0 Å². The van der Waals surface area contributed by atoms with Crippen LogP contribution in [-0.2, 0) is 11.3 Å². The van der Waals surface area contributed by atoms with Gasteiger partial charge in [0.05, 0.1) is 29.6 Å². The Morgan fingerprint density at radius 3 is 2.84 bits per heavy atom. The maximum atomic E-state index is 12.2. The molecule has 4 rings (SSSR count). The second-order valence-corrected chi connectivity index (χ2v) is 7.89. The minimum Gasteiger partial charge on any atom is -0.465 e. The summed E-state index contributed by atoms with van der Waals surface area (Å²) in [7, 11) is 0. The van der Waals surface area contributed by atoms with Gasteiger partial charge in [-0.1, -0.05) is 53.7 Å². The van der Waals surface area contributed by atoms with Gasteiger partial charge in [0.25, 0.3) is 5.91 Å². The van der Waals surface area contributed by atoms with Gasteiger partial charge in [-0.05, 0) is 48.0 Å². The molecule has 8 heteroatoms. The molecule has 0 bridgehead atoms. The number of aromatic nitrogens is 2. The zero-order chi connectivity index (χ0) is 21.5. The third kappa shape index (κ3) is 5.45. The van der Waals surface area contributed by atoms with Crippen LogP contribution in [0.5, 0.6) is 0 Å². The van der Waals surface area contributed by atoms with Gasteiger partial charge in [0.15, 0.2) is 5.16 Å². The number of nitrogens with one attached hydrogen (secondary N) is 1. The Balaban J connectivity index is 1.42. The van der Waals surface area contributed by atoms with Crippen molar-refractivity contribution in [3.63, 3.8) is 0 Å². The number of thioether (sulfide) groups is 1. The normalized spacial score (nSPS) is 11.6. The number of benzene rings is 2. The fourth-order valence-corrected chi connectivity index (χ4v) is 3.95. The van der Waals surface area contributed by atoms with Crippen LogP contribution in [0.2, 0.25) is 5.02 Å². The highest BCUT2D eigenvalue weighted by Gasteiger charge is 2.14. The number of hydrazone groups is 1. The Labute approximate surface area is 188 Å². The summed E-state index contributed by atoms with van der Waals surface area (Å²) in [6, 6.07) is 19.2. The first-order valence-electron chi connectivity index (χ1n) is 9.54. The minimum absolute atomic E-state index is 0.186. The molecule has 31 heavy (non-hydrogen) atoms. The second kappa shape index (κ2) is 10.1. The Kier molecular flexibility index (Phi) is 6.86. The zero-order valence-electron chi connectivity index (χ0n) is 16.4. The Bertz CT molecular complexity index is 1230. The number of carbonyl (C=O) groups excluding carboxylic acids is 1. The smallest absolute Gasteiger partial charge is 0.250 e. The molecular weight excluding hydrogens is 432 g/mol. The van der Waals surface area contributed by atoms with Crippen LogP contribution in [-0.4, -0.2) is 27.4 Å². The van der Waals surface area contributed by atoms with Gasteiger partial charge in [-0.2, -0.15) is 5.10 Å². The van der Waals surface area contributed by atoms with E-state index in [4.69, 9.17) is 21.0 Å². The van der Waals surface area contributed by atoms with Crippen molar-refractivity contribution in [3.8, 4) is 0 Å². The highest BCUT2D eigenvalue weighted by molar-refractivity contribution is 7.99. The van der Waals surface area contributed by atoms with Crippen molar-refractivity contribution in [1.29, 1.82) is 0 Å². The van der Waals surface area contributed by atoms with Gasteiger partial charge in [0.1, 0.15) is 5.76 Å². The SMILES string of the molecule is O=C(CSc1nc2ccccc2n1Cc1ccccc1Cl)NN=CC=Cc1ccco1. The number of amides is 1. The summed E-state index contributed by atoms with van der Waals surface area (Å²) in [6.45, 7) is 0.569. The molecule has 0 spiro atoms. The van der Waals surface area contributed by atoms with E-state index < -0.39 is 0 Å². The van der Waals surface area contributed by atoms with E-state index in [1.165, 1.54) is 18.0 Å². The number of carbonyl (C=O) groups is 1. The number of hydrogen-bond acceptors (Lipinski definition) is 5. The average Bonchev–Trinajstić information content (AvgIpc) is 3.42. The van der Waals surface area contributed by atoms with Crippen molar-refractivity contribution in [2.75, 3.05) is 5.75 Å². The molecule has 2 heterocycles.